The van der Waals surface area contributed by atoms with Crippen molar-refractivity contribution in [1.29, 1.82) is 0 Å². The maximum Gasteiger partial charge on any atom is 0.133 e. The number of carbonyl (C=O) groups excluding carboxylic acids is 1. The molecule has 1 aliphatic rings. The van der Waals surface area contributed by atoms with Crippen LogP contribution in [0.2, 0.25) is 5.02 Å². The van der Waals surface area contributed by atoms with E-state index >= 15 is 0 Å². The van der Waals surface area contributed by atoms with Crippen LogP contribution in [0.5, 0.6) is 0 Å². The molecule has 0 bridgehead atoms. The summed E-state index contributed by atoms with van der Waals surface area (Å²) in [4.78, 5) is 11.2. The van der Waals surface area contributed by atoms with Crippen LogP contribution < -0.4 is 0 Å². The highest BCUT2D eigenvalue weighted by atomic mass is 35.5. The summed E-state index contributed by atoms with van der Waals surface area (Å²) in [7, 11) is 0. The maximum atomic E-state index is 11.2. The monoisotopic (exact) mass is 194 g/mol. The van der Waals surface area contributed by atoms with Crippen LogP contribution in [0.4, 0.5) is 0 Å². The van der Waals surface area contributed by atoms with Gasteiger partial charge in [0, 0.05) is 10.9 Å². The standard InChI is InChI=1S/C11H11ClO/c1-7(13)9-4-8-2-3-11(12)6-10(8)5-9/h2-3,6,9H,4-5H2,1H3. The number of fused-ring (bicyclic) bond motifs is 1. The van der Waals surface area contributed by atoms with Gasteiger partial charge in [0.15, 0.2) is 0 Å². The summed E-state index contributed by atoms with van der Waals surface area (Å²) < 4.78 is 0. The van der Waals surface area contributed by atoms with E-state index in [1.54, 1.807) is 6.92 Å². The van der Waals surface area contributed by atoms with Crippen LogP contribution in [0.25, 0.3) is 0 Å². The Labute approximate surface area is 82.7 Å². The van der Waals surface area contributed by atoms with Crippen molar-refractivity contribution in [2.75, 3.05) is 0 Å². The Balaban J connectivity index is 2.30. The topological polar surface area (TPSA) is 17.1 Å². The molecule has 0 fully saturated rings. The van der Waals surface area contributed by atoms with Gasteiger partial charge in [-0.25, -0.2) is 0 Å². The third kappa shape index (κ3) is 1.61. The summed E-state index contributed by atoms with van der Waals surface area (Å²) >= 11 is 5.87. The average Bonchev–Trinajstić information content (AvgIpc) is 2.46. The second-order valence-electron chi connectivity index (χ2n) is 3.63. The number of ketones is 1. The van der Waals surface area contributed by atoms with Gasteiger partial charge in [0.1, 0.15) is 5.78 Å². The highest BCUT2D eigenvalue weighted by Crippen LogP contribution is 2.29. The highest BCUT2D eigenvalue weighted by Gasteiger charge is 2.24. The fraction of sp³-hybridized carbons (Fsp3) is 0.364. The van der Waals surface area contributed by atoms with Crippen molar-refractivity contribution in [3.05, 3.63) is 34.3 Å². The van der Waals surface area contributed by atoms with Gasteiger partial charge in [-0.15, -0.1) is 0 Å². The fourth-order valence-corrected chi connectivity index (χ4v) is 2.07. The molecule has 68 valence electrons. The lowest BCUT2D eigenvalue weighted by atomic mass is 10.0. The van der Waals surface area contributed by atoms with Gasteiger partial charge in [0.25, 0.3) is 0 Å². The van der Waals surface area contributed by atoms with Crippen molar-refractivity contribution in [3.8, 4) is 0 Å². The molecule has 13 heavy (non-hydrogen) atoms. The average molecular weight is 195 g/mol. The zero-order valence-electron chi connectivity index (χ0n) is 7.51. The first-order valence-electron chi connectivity index (χ1n) is 4.44. The van der Waals surface area contributed by atoms with Gasteiger partial charge in [0.05, 0.1) is 0 Å². The largest absolute Gasteiger partial charge is 0.300 e. The molecule has 1 atom stereocenters. The molecule has 1 aromatic rings. The summed E-state index contributed by atoms with van der Waals surface area (Å²) in [6.45, 7) is 1.66. The highest BCUT2D eigenvalue weighted by molar-refractivity contribution is 6.30. The number of rotatable bonds is 1. The number of Topliss-reactive ketones (excluding diaryl/α,β-unsaturated/α-hetero) is 1. The predicted octanol–water partition coefficient (Wildman–Crippen LogP) is 2.64. The van der Waals surface area contributed by atoms with E-state index in [9.17, 15) is 4.79 Å². The molecule has 0 aliphatic heterocycles. The van der Waals surface area contributed by atoms with Gasteiger partial charge in [-0.2, -0.15) is 0 Å². The molecule has 0 aromatic heterocycles. The van der Waals surface area contributed by atoms with Crippen molar-refractivity contribution in [3.63, 3.8) is 0 Å². The first-order valence-corrected chi connectivity index (χ1v) is 4.82. The lowest BCUT2D eigenvalue weighted by Gasteiger charge is -2.00. The van der Waals surface area contributed by atoms with Gasteiger partial charge in [0.2, 0.25) is 0 Å². The molecule has 1 aromatic carbocycles. The van der Waals surface area contributed by atoms with Gasteiger partial charge >= 0.3 is 0 Å². The van der Waals surface area contributed by atoms with Crippen LogP contribution in [-0.2, 0) is 17.6 Å². The molecular weight excluding hydrogens is 184 g/mol. The minimum Gasteiger partial charge on any atom is -0.300 e. The Morgan fingerprint density at radius 1 is 1.38 bits per heavy atom. The molecule has 0 N–H and O–H groups in total. The minimum absolute atomic E-state index is 0.188. The minimum atomic E-state index is 0.188. The van der Waals surface area contributed by atoms with Crippen molar-refractivity contribution >= 4 is 17.4 Å². The van der Waals surface area contributed by atoms with E-state index in [-0.39, 0.29) is 11.7 Å². The molecule has 0 spiro atoms. The molecule has 0 saturated carbocycles. The molecule has 2 rings (SSSR count). The van der Waals surface area contributed by atoms with Gasteiger partial charge < -0.3 is 0 Å². The molecule has 1 nitrogen and oxygen atoms in total. The maximum absolute atomic E-state index is 11.2. The van der Waals surface area contributed by atoms with Crippen molar-refractivity contribution in [2.45, 2.75) is 19.8 Å². The van der Waals surface area contributed by atoms with Crippen molar-refractivity contribution < 1.29 is 4.79 Å². The summed E-state index contributed by atoms with van der Waals surface area (Å²) in [6, 6.07) is 5.89. The normalized spacial score (nSPS) is 20.0. The molecular formula is C11H11ClO. The summed E-state index contributed by atoms with van der Waals surface area (Å²) in [6.07, 6.45) is 1.76. The molecule has 0 heterocycles. The lowest BCUT2D eigenvalue weighted by molar-refractivity contribution is -0.120. The summed E-state index contributed by atoms with van der Waals surface area (Å²) in [5.41, 5.74) is 2.53. The summed E-state index contributed by atoms with van der Waals surface area (Å²) in [5, 5.41) is 0.767. The number of carbonyl (C=O) groups is 1. The van der Waals surface area contributed by atoms with Crippen molar-refractivity contribution in [2.24, 2.45) is 5.92 Å². The molecule has 1 unspecified atom stereocenters. The van der Waals surface area contributed by atoms with E-state index in [4.69, 9.17) is 11.6 Å². The predicted molar refractivity (Wildman–Crippen MR) is 53.0 cm³/mol. The van der Waals surface area contributed by atoms with E-state index in [0.717, 1.165) is 17.9 Å². The molecule has 0 saturated heterocycles. The van der Waals surface area contributed by atoms with Crippen LogP contribution in [0.15, 0.2) is 18.2 Å². The third-order valence-corrected chi connectivity index (χ3v) is 2.91. The second-order valence-corrected chi connectivity index (χ2v) is 4.07. The zero-order valence-corrected chi connectivity index (χ0v) is 8.27. The first-order chi connectivity index (χ1) is 6.16. The van der Waals surface area contributed by atoms with Gasteiger partial charge in [-0.3, -0.25) is 4.79 Å². The SMILES string of the molecule is CC(=O)C1Cc2ccc(Cl)cc2C1. The Bertz CT molecular complexity index is 357. The zero-order chi connectivity index (χ0) is 9.42. The fourth-order valence-electron chi connectivity index (χ4n) is 1.87. The van der Waals surface area contributed by atoms with E-state index in [1.165, 1.54) is 11.1 Å². The number of halogens is 1. The molecule has 0 radical (unpaired) electrons. The van der Waals surface area contributed by atoms with Gasteiger partial charge in [-0.05, 0) is 43.0 Å². The molecule has 0 amide bonds. The number of hydrogen-bond acceptors (Lipinski definition) is 1. The quantitative estimate of drug-likeness (QED) is 0.672. The van der Waals surface area contributed by atoms with Crippen LogP contribution in [-0.4, -0.2) is 5.78 Å². The Morgan fingerprint density at radius 3 is 2.77 bits per heavy atom. The number of benzene rings is 1. The Kier molecular flexibility index (Phi) is 2.12. The van der Waals surface area contributed by atoms with Crippen molar-refractivity contribution in [1.82, 2.24) is 0 Å². The van der Waals surface area contributed by atoms with E-state index in [1.807, 2.05) is 18.2 Å². The number of hydrogen-bond donors (Lipinski definition) is 0. The molecule has 2 heteroatoms. The van der Waals surface area contributed by atoms with Crippen LogP contribution >= 0.6 is 11.6 Å². The van der Waals surface area contributed by atoms with E-state index < -0.39 is 0 Å². The smallest absolute Gasteiger partial charge is 0.133 e. The first kappa shape index (κ1) is 8.76. The third-order valence-electron chi connectivity index (χ3n) is 2.68. The van der Waals surface area contributed by atoms with Crippen LogP contribution in [0.3, 0.4) is 0 Å². The lowest BCUT2D eigenvalue weighted by Crippen LogP contribution is -2.09. The Hall–Kier alpha value is -0.820. The second kappa shape index (κ2) is 3.15. The Morgan fingerprint density at radius 2 is 2.08 bits per heavy atom. The molecule has 1 aliphatic carbocycles. The summed E-state index contributed by atoms with van der Waals surface area (Å²) in [5.74, 6) is 0.473. The van der Waals surface area contributed by atoms with Gasteiger partial charge in [-0.1, -0.05) is 17.7 Å². The van der Waals surface area contributed by atoms with E-state index in [2.05, 4.69) is 0 Å². The van der Waals surface area contributed by atoms with Crippen LogP contribution in [0, 0.1) is 5.92 Å². The van der Waals surface area contributed by atoms with E-state index in [0.29, 0.717) is 0 Å². The van der Waals surface area contributed by atoms with Crippen LogP contribution in [0.1, 0.15) is 18.1 Å².